The molecule has 2 rings (SSSR count). The maximum Gasteiger partial charge on any atom is 0.291 e. The first-order chi connectivity index (χ1) is 9.16. The lowest BCUT2D eigenvalue weighted by molar-refractivity contribution is 0.0949. The van der Waals surface area contributed by atoms with Crippen molar-refractivity contribution in [2.24, 2.45) is 5.10 Å². The van der Waals surface area contributed by atoms with Crippen LogP contribution in [0.4, 0.5) is 0 Å². The van der Waals surface area contributed by atoms with E-state index >= 15 is 0 Å². The quantitative estimate of drug-likeness (QED) is 0.698. The lowest BCUT2D eigenvalue weighted by atomic mass is 10.1. The van der Waals surface area contributed by atoms with Crippen molar-refractivity contribution in [3.05, 3.63) is 58.6 Å². The van der Waals surface area contributed by atoms with Crippen LogP contribution in [-0.2, 0) is 0 Å². The summed E-state index contributed by atoms with van der Waals surface area (Å²) in [5, 5.41) is 4.03. The molecule has 0 aliphatic rings. The molecule has 1 aromatic heterocycles. The smallest absolute Gasteiger partial charge is 0.265 e. The van der Waals surface area contributed by atoms with E-state index in [9.17, 15) is 4.79 Å². The third-order valence-corrected chi connectivity index (χ3v) is 2.91. The molecule has 0 bridgehead atoms. The number of rotatable bonds is 3. The number of carbonyl (C=O) groups excluding carboxylic acids is 1. The van der Waals surface area contributed by atoms with Crippen molar-refractivity contribution in [3.63, 3.8) is 0 Å². The van der Waals surface area contributed by atoms with Crippen LogP contribution in [0.25, 0.3) is 0 Å². The summed E-state index contributed by atoms with van der Waals surface area (Å²) in [4.78, 5) is 19.4. The molecule has 6 heteroatoms. The van der Waals surface area contributed by atoms with Crippen LogP contribution < -0.4 is 5.43 Å². The zero-order chi connectivity index (χ0) is 13.7. The number of hydrazone groups is 1. The Morgan fingerprint density at radius 2 is 2.00 bits per heavy atom. The van der Waals surface area contributed by atoms with E-state index in [4.69, 9.17) is 0 Å². The Morgan fingerprint density at radius 1 is 1.26 bits per heavy atom. The lowest BCUT2D eigenvalue weighted by Crippen LogP contribution is -2.20. The van der Waals surface area contributed by atoms with Gasteiger partial charge in [0.1, 0.15) is 5.69 Å². The summed E-state index contributed by atoms with van der Waals surface area (Å²) in [6.45, 7) is 1.82. The summed E-state index contributed by atoms with van der Waals surface area (Å²) < 4.78 is 0.993. The van der Waals surface area contributed by atoms with Crippen molar-refractivity contribution in [1.29, 1.82) is 0 Å². The van der Waals surface area contributed by atoms with Gasteiger partial charge in [0.15, 0.2) is 0 Å². The predicted octanol–water partition coefficient (Wildman–Crippen LogP) is 2.39. The van der Waals surface area contributed by atoms with Gasteiger partial charge in [-0.05, 0) is 24.6 Å². The van der Waals surface area contributed by atoms with Gasteiger partial charge in [-0.3, -0.25) is 9.78 Å². The van der Waals surface area contributed by atoms with Crippen LogP contribution in [0.2, 0.25) is 0 Å². The first-order valence-corrected chi connectivity index (χ1v) is 6.32. The van der Waals surface area contributed by atoms with Gasteiger partial charge >= 0.3 is 0 Å². The topological polar surface area (TPSA) is 67.2 Å². The minimum Gasteiger partial charge on any atom is -0.265 e. The Balaban J connectivity index is 2.06. The third kappa shape index (κ3) is 3.69. The largest absolute Gasteiger partial charge is 0.291 e. The van der Waals surface area contributed by atoms with Crippen LogP contribution in [0, 0.1) is 0 Å². The van der Waals surface area contributed by atoms with Crippen molar-refractivity contribution in [2.75, 3.05) is 0 Å². The van der Waals surface area contributed by atoms with Crippen molar-refractivity contribution < 1.29 is 4.79 Å². The fraction of sp³-hybridized carbons (Fsp3) is 0.0769. The van der Waals surface area contributed by atoms with Gasteiger partial charge in [-0.1, -0.05) is 28.1 Å². The minimum atomic E-state index is -0.385. The molecule has 0 fully saturated rings. The molecule has 0 atom stereocenters. The number of nitrogens with zero attached hydrogens (tertiary/aromatic N) is 3. The Morgan fingerprint density at radius 3 is 2.63 bits per heavy atom. The van der Waals surface area contributed by atoms with Crippen molar-refractivity contribution in [2.45, 2.75) is 6.92 Å². The van der Waals surface area contributed by atoms with Crippen LogP contribution >= 0.6 is 15.9 Å². The number of nitrogens with one attached hydrogen (secondary N) is 1. The zero-order valence-electron chi connectivity index (χ0n) is 10.2. The molecule has 1 heterocycles. The average molecular weight is 319 g/mol. The fourth-order valence-corrected chi connectivity index (χ4v) is 1.63. The molecule has 1 aromatic carbocycles. The molecule has 2 aromatic rings. The number of hydrogen-bond donors (Lipinski definition) is 1. The Hall–Kier alpha value is -2.08. The molecule has 0 saturated carbocycles. The molecule has 0 unspecified atom stereocenters. The number of carbonyl (C=O) groups is 1. The van der Waals surface area contributed by atoms with Crippen molar-refractivity contribution in [1.82, 2.24) is 15.4 Å². The molecule has 1 amide bonds. The van der Waals surface area contributed by atoms with Crippen LogP contribution in [0.3, 0.4) is 0 Å². The average Bonchev–Trinajstić information content (AvgIpc) is 2.46. The Bertz CT molecular complexity index is 596. The number of amides is 1. The zero-order valence-corrected chi connectivity index (χ0v) is 11.8. The molecule has 19 heavy (non-hydrogen) atoms. The van der Waals surface area contributed by atoms with Gasteiger partial charge < -0.3 is 0 Å². The second-order valence-corrected chi connectivity index (χ2v) is 4.65. The molecule has 0 radical (unpaired) electrons. The normalized spacial score (nSPS) is 11.2. The molecule has 1 N–H and O–H groups in total. The van der Waals surface area contributed by atoms with Gasteiger partial charge in [0, 0.05) is 16.9 Å². The summed E-state index contributed by atoms with van der Waals surface area (Å²) in [7, 11) is 0. The summed E-state index contributed by atoms with van der Waals surface area (Å²) in [5.41, 5.74) is 4.32. The van der Waals surface area contributed by atoms with Crippen LogP contribution in [-0.4, -0.2) is 21.6 Å². The van der Waals surface area contributed by atoms with Crippen molar-refractivity contribution in [3.8, 4) is 0 Å². The highest BCUT2D eigenvalue weighted by atomic mass is 79.9. The molecule has 0 saturated heterocycles. The van der Waals surface area contributed by atoms with Gasteiger partial charge in [-0.2, -0.15) is 5.10 Å². The molecule has 96 valence electrons. The Labute approximate surface area is 118 Å². The molecule has 0 aliphatic carbocycles. The maximum absolute atomic E-state index is 11.7. The van der Waals surface area contributed by atoms with E-state index in [1.54, 1.807) is 0 Å². The van der Waals surface area contributed by atoms with E-state index in [1.165, 1.54) is 18.6 Å². The molecule has 5 nitrogen and oxygen atoms in total. The SMILES string of the molecule is C/C(=N\NC(=O)c1cnccn1)c1ccc(Br)cc1. The van der Waals surface area contributed by atoms with E-state index < -0.39 is 0 Å². The van der Waals surface area contributed by atoms with Gasteiger partial charge in [0.25, 0.3) is 5.91 Å². The molecule has 0 aliphatic heterocycles. The van der Waals surface area contributed by atoms with Crippen LogP contribution in [0.1, 0.15) is 23.0 Å². The van der Waals surface area contributed by atoms with Crippen LogP contribution in [0.15, 0.2) is 52.4 Å². The van der Waals surface area contributed by atoms with Crippen molar-refractivity contribution >= 4 is 27.5 Å². The van der Waals surface area contributed by atoms with Gasteiger partial charge in [0.2, 0.25) is 0 Å². The number of aromatic nitrogens is 2. The van der Waals surface area contributed by atoms with Gasteiger partial charge in [-0.25, -0.2) is 10.4 Å². The van der Waals surface area contributed by atoms with Gasteiger partial charge in [0.05, 0.1) is 11.9 Å². The Kier molecular flexibility index (Phi) is 4.35. The lowest BCUT2D eigenvalue weighted by Gasteiger charge is -2.02. The van der Waals surface area contributed by atoms with E-state index in [-0.39, 0.29) is 11.6 Å². The van der Waals surface area contributed by atoms with Crippen LogP contribution in [0.5, 0.6) is 0 Å². The summed E-state index contributed by atoms with van der Waals surface area (Å²) in [5.74, 6) is -0.385. The predicted molar refractivity (Wildman–Crippen MR) is 75.9 cm³/mol. The molecular formula is C13H11BrN4O. The fourth-order valence-electron chi connectivity index (χ4n) is 1.36. The summed E-state index contributed by atoms with van der Waals surface area (Å²) in [6, 6.07) is 7.66. The van der Waals surface area contributed by atoms with E-state index in [1.807, 2.05) is 31.2 Å². The second kappa shape index (κ2) is 6.19. The minimum absolute atomic E-state index is 0.231. The standard InChI is InChI=1S/C13H11BrN4O/c1-9(10-2-4-11(14)5-3-10)17-18-13(19)12-8-15-6-7-16-12/h2-8H,1H3,(H,18,19)/b17-9+. The maximum atomic E-state index is 11.7. The number of halogens is 1. The second-order valence-electron chi connectivity index (χ2n) is 3.74. The monoisotopic (exact) mass is 318 g/mol. The molecule has 0 spiro atoms. The summed E-state index contributed by atoms with van der Waals surface area (Å²) in [6.07, 6.45) is 4.35. The van der Waals surface area contributed by atoms with E-state index in [0.717, 1.165) is 10.0 Å². The van der Waals surface area contributed by atoms with E-state index in [0.29, 0.717) is 5.71 Å². The highest BCUT2D eigenvalue weighted by molar-refractivity contribution is 9.10. The first-order valence-electron chi connectivity index (χ1n) is 5.53. The summed E-state index contributed by atoms with van der Waals surface area (Å²) >= 11 is 3.36. The number of hydrogen-bond acceptors (Lipinski definition) is 4. The highest BCUT2D eigenvalue weighted by Crippen LogP contribution is 2.11. The molecular weight excluding hydrogens is 308 g/mol. The number of benzene rings is 1. The van der Waals surface area contributed by atoms with E-state index in [2.05, 4.69) is 36.4 Å². The third-order valence-electron chi connectivity index (χ3n) is 2.38. The van der Waals surface area contributed by atoms with Gasteiger partial charge in [-0.15, -0.1) is 0 Å². The first kappa shape index (κ1) is 13.4. The highest BCUT2D eigenvalue weighted by Gasteiger charge is 2.05.